The van der Waals surface area contributed by atoms with Gasteiger partial charge in [-0.2, -0.15) is 0 Å². The second kappa shape index (κ2) is 8.25. The Balaban J connectivity index is 2.44. The zero-order valence-electron chi connectivity index (χ0n) is 12.3. The van der Waals surface area contributed by atoms with Crippen molar-refractivity contribution in [1.82, 2.24) is 10.2 Å². The van der Waals surface area contributed by atoms with Gasteiger partial charge in [0, 0.05) is 18.1 Å². The van der Waals surface area contributed by atoms with Crippen LogP contribution >= 0.6 is 11.6 Å². The van der Waals surface area contributed by atoms with Gasteiger partial charge in [-0.05, 0) is 38.9 Å². The lowest BCUT2D eigenvalue weighted by Crippen LogP contribution is -2.43. The molecule has 112 valence electrons. The van der Waals surface area contributed by atoms with Crippen LogP contribution in [0.1, 0.15) is 25.8 Å². The maximum Gasteiger partial charge on any atom is 0.237 e. The predicted octanol–water partition coefficient (Wildman–Crippen LogP) is 2.05. The number of aliphatic hydroxyl groups excluding tert-OH is 1. The quantitative estimate of drug-likeness (QED) is 0.810. The number of carbonyl (C=O) groups excluding carboxylic acids is 1. The zero-order chi connectivity index (χ0) is 15.1. The first-order chi connectivity index (χ1) is 9.41. The highest BCUT2D eigenvalue weighted by Crippen LogP contribution is 2.14. The van der Waals surface area contributed by atoms with Crippen LogP contribution in [0.15, 0.2) is 24.3 Å². The topological polar surface area (TPSA) is 52.6 Å². The second-order valence-corrected chi connectivity index (χ2v) is 5.51. The zero-order valence-corrected chi connectivity index (χ0v) is 13.0. The summed E-state index contributed by atoms with van der Waals surface area (Å²) in [5.74, 6) is -0.0435. The summed E-state index contributed by atoms with van der Waals surface area (Å²) < 4.78 is 0. The Morgan fingerprint density at radius 1 is 1.40 bits per heavy atom. The van der Waals surface area contributed by atoms with Crippen molar-refractivity contribution in [2.75, 3.05) is 13.6 Å². The number of nitrogens with one attached hydrogen (secondary N) is 1. The molecule has 1 aromatic rings. The Morgan fingerprint density at radius 3 is 2.65 bits per heavy atom. The van der Waals surface area contributed by atoms with Crippen LogP contribution in [0.4, 0.5) is 0 Å². The van der Waals surface area contributed by atoms with Gasteiger partial charge >= 0.3 is 0 Å². The Hall–Kier alpha value is -1.10. The Morgan fingerprint density at radius 2 is 2.05 bits per heavy atom. The fourth-order valence-electron chi connectivity index (χ4n) is 1.76. The van der Waals surface area contributed by atoms with E-state index in [1.165, 1.54) is 0 Å². The van der Waals surface area contributed by atoms with E-state index in [9.17, 15) is 9.90 Å². The lowest BCUT2D eigenvalue weighted by molar-refractivity contribution is -0.125. The summed E-state index contributed by atoms with van der Waals surface area (Å²) in [6.07, 6.45) is 0.300. The van der Waals surface area contributed by atoms with E-state index in [1.54, 1.807) is 13.0 Å². The lowest BCUT2D eigenvalue weighted by Gasteiger charge is -2.24. The normalized spacial score (nSPS) is 14.1. The molecule has 0 aliphatic carbocycles. The molecule has 0 aromatic heterocycles. The summed E-state index contributed by atoms with van der Waals surface area (Å²) in [5.41, 5.74) is 0.904. The molecular weight excluding hydrogens is 276 g/mol. The van der Waals surface area contributed by atoms with Crippen LogP contribution < -0.4 is 5.32 Å². The number of nitrogens with zero attached hydrogens (tertiary/aromatic N) is 1. The highest BCUT2D eigenvalue weighted by atomic mass is 35.5. The van der Waals surface area contributed by atoms with Crippen molar-refractivity contribution in [2.24, 2.45) is 0 Å². The summed E-state index contributed by atoms with van der Waals surface area (Å²) in [7, 11) is 1.88. The molecule has 1 rings (SSSR count). The van der Waals surface area contributed by atoms with Gasteiger partial charge < -0.3 is 10.4 Å². The smallest absolute Gasteiger partial charge is 0.237 e. The third-order valence-electron chi connectivity index (χ3n) is 3.35. The van der Waals surface area contributed by atoms with E-state index in [0.717, 1.165) is 5.56 Å². The minimum absolute atomic E-state index is 0.0435. The van der Waals surface area contributed by atoms with E-state index in [2.05, 4.69) is 5.32 Å². The molecule has 0 saturated heterocycles. The maximum atomic E-state index is 12.1. The van der Waals surface area contributed by atoms with E-state index in [4.69, 9.17) is 11.6 Å². The molecule has 2 N–H and O–H groups in total. The van der Waals surface area contributed by atoms with E-state index < -0.39 is 0 Å². The van der Waals surface area contributed by atoms with Crippen molar-refractivity contribution >= 4 is 17.5 Å². The van der Waals surface area contributed by atoms with Gasteiger partial charge in [0.2, 0.25) is 5.91 Å². The van der Waals surface area contributed by atoms with Crippen LogP contribution in [0, 0.1) is 0 Å². The summed E-state index contributed by atoms with van der Waals surface area (Å²) in [6.45, 7) is 4.70. The largest absolute Gasteiger partial charge is 0.393 e. The first kappa shape index (κ1) is 17.0. The number of halogens is 1. The number of rotatable bonds is 7. The summed E-state index contributed by atoms with van der Waals surface area (Å²) in [6, 6.07) is 7.22. The number of hydrogen-bond donors (Lipinski definition) is 2. The summed E-state index contributed by atoms with van der Waals surface area (Å²) >= 11 is 6.04. The molecule has 1 amide bonds. The molecule has 2 unspecified atom stereocenters. The van der Waals surface area contributed by atoms with Gasteiger partial charge in [0.1, 0.15) is 0 Å². The summed E-state index contributed by atoms with van der Waals surface area (Å²) in [5, 5.41) is 12.8. The van der Waals surface area contributed by atoms with Gasteiger partial charge in [0.05, 0.1) is 12.1 Å². The third-order valence-corrected chi connectivity index (χ3v) is 3.72. The number of amides is 1. The van der Waals surface area contributed by atoms with Crippen molar-refractivity contribution in [1.29, 1.82) is 0 Å². The monoisotopic (exact) mass is 298 g/mol. The number of benzene rings is 1. The average Bonchev–Trinajstić information content (AvgIpc) is 2.42. The van der Waals surface area contributed by atoms with Gasteiger partial charge in [-0.15, -0.1) is 0 Å². The lowest BCUT2D eigenvalue weighted by atomic mass is 10.2. The number of aliphatic hydroxyl groups is 1. The Labute approximate surface area is 125 Å². The highest BCUT2D eigenvalue weighted by Gasteiger charge is 2.18. The van der Waals surface area contributed by atoms with Gasteiger partial charge in [-0.3, -0.25) is 9.69 Å². The maximum absolute atomic E-state index is 12.1. The van der Waals surface area contributed by atoms with E-state index in [1.807, 2.05) is 37.1 Å². The number of likely N-dealkylation sites (N-methyl/N-ethyl adjacent to an activating group) is 1. The Kier molecular flexibility index (Phi) is 6.99. The van der Waals surface area contributed by atoms with Crippen molar-refractivity contribution < 1.29 is 9.90 Å². The molecule has 0 aliphatic rings. The van der Waals surface area contributed by atoms with Crippen molar-refractivity contribution in [3.8, 4) is 0 Å². The first-order valence-electron chi connectivity index (χ1n) is 6.81. The van der Waals surface area contributed by atoms with Crippen LogP contribution in [0.5, 0.6) is 0 Å². The predicted molar refractivity (Wildman–Crippen MR) is 81.7 cm³/mol. The molecule has 1 aromatic carbocycles. The van der Waals surface area contributed by atoms with Crippen molar-refractivity contribution in [3.63, 3.8) is 0 Å². The molecular formula is C15H23ClN2O2. The van der Waals surface area contributed by atoms with E-state index >= 15 is 0 Å². The van der Waals surface area contributed by atoms with Crippen LogP contribution in [0.25, 0.3) is 0 Å². The molecule has 2 atom stereocenters. The van der Waals surface area contributed by atoms with Gasteiger partial charge in [-0.25, -0.2) is 0 Å². The molecule has 5 heteroatoms. The number of carbonyl (C=O) groups is 1. The molecule has 0 aliphatic heterocycles. The molecule has 0 bridgehead atoms. The minimum atomic E-state index is -0.351. The SMILES string of the molecule is CC(O)CCN(C)C(C)C(=O)NCc1ccccc1Cl. The standard InChI is InChI=1S/C15H23ClN2O2/c1-11(19)8-9-18(3)12(2)15(20)17-10-13-6-4-5-7-14(13)16/h4-7,11-12,19H,8-10H2,1-3H3,(H,17,20). The molecule has 0 fully saturated rings. The van der Waals surface area contributed by atoms with Crippen molar-refractivity contribution in [2.45, 2.75) is 39.0 Å². The van der Waals surface area contributed by atoms with Crippen molar-refractivity contribution in [3.05, 3.63) is 34.9 Å². The first-order valence-corrected chi connectivity index (χ1v) is 7.19. The van der Waals surface area contributed by atoms with Gasteiger partial charge in [0.25, 0.3) is 0 Å². The van der Waals surface area contributed by atoms with Crippen LogP contribution in [-0.4, -0.2) is 41.7 Å². The second-order valence-electron chi connectivity index (χ2n) is 5.10. The van der Waals surface area contributed by atoms with Crippen LogP contribution in [0.2, 0.25) is 5.02 Å². The highest BCUT2D eigenvalue weighted by molar-refractivity contribution is 6.31. The molecule has 4 nitrogen and oxygen atoms in total. The van der Waals surface area contributed by atoms with Crippen LogP contribution in [-0.2, 0) is 11.3 Å². The fourth-order valence-corrected chi connectivity index (χ4v) is 1.96. The fraction of sp³-hybridized carbons (Fsp3) is 0.533. The number of hydrogen-bond acceptors (Lipinski definition) is 3. The Bertz CT molecular complexity index is 438. The minimum Gasteiger partial charge on any atom is -0.393 e. The molecule has 20 heavy (non-hydrogen) atoms. The molecule has 0 radical (unpaired) electrons. The average molecular weight is 299 g/mol. The van der Waals surface area contributed by atoms with E-state index in [0.29, 0.717) is 24.5 Å². The van der Waals surface area contributed by atoms with E-state index in [-0.39, 0.29) is 18.1 Å². The molecule has 0 spiro atoms. The van der Waals surface area contributed by atoms with Crippen LogP contribution in [0.3, 0.4) is 0 Å². The van der Waals surface area contributed by atoms with Gasteiger partial charge in [0.15, 0.2) is 0 Å². The summed E-state index contributed by atoms with van der Waals surface area (Å²) in [4.78, 5) is 14.0. The molecule has 0 heterocycles. The molecule has 0 saturated carbocycles. The third kappa shape index (κ3) is 5.49. The van der Waals surface area contributed by atoms with Gasteiger partial charge in [-0.1, -0.05) is 29.8 Å².